The monoisotopic (exact) mass is 526 g/mol. The first-order chi connectivity index (χ1) is 19.0. The molecule has 0 spiro atoms. The lowest BCUT2D eigenvalue weighted by Crippen LogP contribution is -2.38. The zero-order chi connectivity index (χ0) is 27.0. The lowest BCUT2D eigenvalue weighted by molar-refractivity contribution is -0.122. The quantitative estimate of drug-likeness (QED) is 0.296. The molecule has 0 saturated carbocycles. The molecule has 5 rings (SSSR count). The maximum absolute atomic E-state index is 13.3. The summed E-state index contributed by atoms with van der Waals surface area (Å²) in [5.41, 5.74) is 4.18. The van der Waals surface area contributed by atoms with Crippen molar-refractivity contribution in [2.24, 2.45) is 7.05 Å². The smallest absolute Gasteiger partial charge is 0.258 e. The Morgan fingerprint density at radius 1 is 1.00 bits per heavy atom. The number of amides is 2. The number of rotatable bonds is 10. The molecule has 0 radical (unpaired) electrons. The average molecular weight is 527 g/mol. The van der Waals surface area contributed by atoms with Gasteiger partial charge in [0.1, 0.15) is 0 Å². The highest BCUT2D eigenvalue weighted by Crippen LogP contribution is 2.22. The fourth-order valence-corrected chi connectivity index (χ4v) is 4.74. The van der Waals surface area contributed by atoms with Crippen molar-refractivity contribution in [2.75, 3.05) is 18.5 Å². The summed E-state index contributed by atoms with van der Waals surface area (Å²) >= 11 is 0. The van der Waals surface area contributed by atoms with E-state index in [-0.39, 0.29) is 17.9 Å². The minimum absolute atomic E-state index is 0.0955. The number of nitrogens with zero attached hydrogens (tertiary/aromatic N) is 4. The largest absolute Gasteiger partial charge is 0.381 e. The molecule has 1 aliphatic rings. The number of nitrogens with one attached hydrogen (secondary N) is 2. The SMILES string of the molecule is Cn1cc(-c2cccc(C(=O)Nc3nc(CCCCC(=O)NC4CCOCC4)cn3-c3ccccc3)c2)cn1. The molecular formula is C30H34N6O3. The topological polar surface area (TPSA) is 103 Å². The van der Waals surface area contributed by atoms with Crippen molar-refractivity contribution in [1.29, 1.82) is 0 Å². The second-order valence-corrected chi connectivity index (χ2v) is 9.86. The van der Waals surface area contributed by atoms with E-state index in [4.69, 9.17) is 9.72 Å². The van der Waals surface area contributed by atoms with Crippen LogP contribution in [0.5, 0.6) is 0 Å². The minimum atomic E-state index is -0.236. The number of aryl methyl sites for hydroxylation is 2. The van der Waals surface area contributed by atoms with Crippen molar-refractivity contribution < 1.29 is 14.3 Å². The van der Waals surface area contributed by atoms with Gasteiger partial charge in [-0.15, -0.1) is 0 Å². The van der Waals surface area contributed by atoms with E-state index in [2.05, 4.69) is 15.7 Å². The van der Waals surface area contributed by atoms with Gasteiger partial charge >= 0.3 is 0 Å². The third-order valence-electron chi connectivity index (χ3n) is 6.85. The van der Waals surface area contributed by atoms with Crippen LogP contribution in [0.4, 0.5) is 5.95 Å². The predicted octanol–water partition coefficient (Wildman–Crippen LogP) is 4.53. The number of para-hydroxylation sites is 1. The highest BCUT2D eigenvalue weighted by atomic mass is 16.5. The number of carbonyl (C=O) groups excluding carboxylic acids is 2. The van der Waals surface area contributed by atoms with E-state index in [1.165, 1.54) is 0 Å². The molecule has 39 heavy (non-hydrogen) atoms. The van der Waals surface area contributed by atoms with Gasteiger partial charge in [-0.05, 0) is 61.9 Å². The van der Waals surface area contributed by atoms with Gasteiger partial charge in [0.05, 0.1) is 11.9 Å². The highest BCUT2D eigenvalue weighted by Gasteiger charge is 2.17. The number of imidazole rings is 1. The molecule has 4 aromatic rings. The van der Waals surface area contributed by atoms with Gasteiger partial charge in [0.2, 0.25) is 11.9 Å². The number of carbonyl (C=O) groups is 2. The van der Waals surface area contributed by atoms with Crippen molar-refractivity contribution in [1.82, 2.24) is 24.6 Å². The maximum atomic E-state index is 13.3. The lowest BCUT2D eigenvalue weighted by atomic mass is 10.1. The van der Waals surface area contributed by atoms with Crippen molar-refractivity contribution in [3.8, 4) is 16.8 Å². The standard InChI is InChI=1S/C30H34N6O3/c1-35-20-24(19-31-35)22-8-7-9-23(18-22)29(38)34-30-33-26(21-36(30)27-11-3-2-4-12-27)10-5-6-13-28(37)32-25-14-16-39-17-15-25/h2-4,7-9,11-12,18-21,25H,5-6,10,13-17H2,1H3,(H,32,37)(H,33,34,38). The molecule has 2 aromatic heterocycles. The number of hydrogen-bond donors (Lipinski definition) is 2. The van der Waals surface area contributed by atoms with Crippen LogP contribution in [0.2, 0.25) is 0 Å². The Morgan fingerprint density at radius 2 is 1.82 bits per heavy atom. The number of anilines is 1. The molecule has 0 unspecified atom stereocenters. The van der Waals surface area contributed by atoms with Crippen molar-refractivity contribution >= 4 is 17.8 Å². The number of ether oxygens (including phenoxy) is 1. The first-order valence-electron chi connectivity index (χ1n) is 13.5. The predicted molar refractivity (Wildman–Crippen MR) is 150 cm³/mol. The van der Waals surface area contributed by atoms with E-state index in [1.54, 1.807) is 16.9 Å². The third-order valence-corrected chi connectivity index (χ3v) is 6.85. The summed E-state index contributed by atoms with van der Waals surface area (Å²) in [5.74, 6) is 0.322. The third kappa shape index (κ3) is 7.00. The van der Waals surface area contributed by atoms with Crippen LogP contribution in [-0.2, 0) is 23.0 Å². The van der Waals surface area contributed by atoms with Gasteiger partial charge in [0.25, 0.3) is 5.91 Å². The van der Waals surface area contributed by atoms with E-state index in [0.29, 0.717) is 37.6 Å². The summed E-state index contributed by atoms with van der Waals surface area (Å²) in [4.78, 5) is 30.3. The molecule has 2 amide bonds. The Morgan fingerprint density at radius 3 is 2.59 bits per heavy atom. The molecule has 0 atom stereocenters. The summed E-state index contributed by atoms with van der Waals surface area (Å²) < 4.78 is 8.99. The molecular weight excluding hydrogens is 492 g/mol. The van der Waals surface area contributed by atoms with Crippen molar-refractivity contribution in [3.05, 3.63) is 84.4 Å². The Kier molecular flexibility index (Phi) is 8.48. The van der Waals surface area contributed by atoms with Crippen LogP contribution in [0.3, 0.4) is 0 Å². The number of aromatic nitrogens is 4. The van der Waals surface area contributed by atoms with Crippen LogP contribution < -0.4 is 10.6 Å². The molecule has 1 fully saturated rings. The first kappa shape index (κ1) is 26.4. The maximum Gasteiger partial charge on any atom is 0.258 e. The number of unbranched alkanes of at least 4 members (excludes halogenated alkanes) is 1. The molecule has 9 nitrogen and oxygen atoms in total. The first-order valence-corrected chi connectivity index (χ1v) is 13.5. The Balaban J connectivity index is 1.24. The number of benzene rings is 2. The normalized spacial score (nSPS) is 13.8. The van der Waals surface area contributed by atoms with Crippen LogP contribution in [0.15, 0.2) is 73.2 Å². The second kappa shape index (κ2) is 12.5. The zero-order valence-electron chi connectivity index (χ0n) is 22.2. The number of hydrogen-bond acceptors (Lipinski definition) is 5. The lowest BCUT2D eigenvalue weighted by Gasteiger charge is -2.23. The van der Waals surface area contributed by atoms with E-state index in [0.717, 1.165) is 48.2 Å². The average Bonchev–Trinajstić information content (AvgIpc) is 3.58. The van der Waals surface area contributed by atoms with Gasteiger partial charge in [-0.1, -0.05) is 30.3 Å². The van der Waals surface area contributed by atoms with Crippen LogP contribution in [0.1, 0.15) is 48.2 Å². The molecule has 9 heteroatoms. The molecule has 0 aliphatic carbocycles. The summed E-state index contributed by atoms with van der Waals surface area (Å²) in [5, 5.41) is 10.3. The Hall–Kier alpha value is -4.24. The zero-order valence-corrected chi connectivity index (χ0v) is 22.2. The van der Waals surface area contributed by atoms with Gasteiger partial charge in [-0.2, -0.15) is 5.10 Å². The fraction of sp³-hybridized carbons (Fsp3) is 0.333. The van der Waals surface area contributed by atoms with E-state index >= 15 is 0 Å². The minimum Gasteiger partial charge on any atom is -0.381 e. The molecule has 1 saturated heterocycles. The van der Waals surface area contributed by atoms with Gasteiger partial charge in [0.15, 0.2) is 0 Å². The van der Waals surface area contributed by atoms with Gasteiger partial charge in [-0.25, -0.2) is 4.98 Å². The molecule has 2 N–H and O–H groups in total. The van der Waals surface area contributed by atoms with E-state index in [9.17, 15) is 9.59 Å². The highest BCUT2D eigenvalue weighted by molar-refractivity contribution is 6.04. The summed E-state index contributed by atoms with van der Waals surface area (Å²) in [6, 6.07) is 17.5. The fourth-order valence-electron chi connectivity index (χ4n) is 4.74. The van der Waals surface area contributed by atoms with Crippen molar-refractivity contribution in [2.45, 2.75) is 44.6 Å². The molecule has 202 valence electrons. The molecule has 0 bridgehead atoms. The van der Waals surface area contributed by atoms with Crippen LogP contribution >= 0.6 is 0 Å². The van der Waals surface area contributed by atoms with Crippen LogP contribution in [-0.4, -0.2) is 50.4 Å². The second-order valence-electron chi connectivity index (χ2n) is 9.86. The summed E-state index contributed by atoms with van der Waals surface area (Å²) in [6.45, 7) is 1.42. The Bertz CT molecular complexity index is 1410. The molecule has 1 aliphatic heterocycles. The van der Waals surface area contributed by atoms with Gasteiger partial charge in [0, 0.05) is 61.9 Å². The van der Waals surface area contributed by atoms with Gasteiger partial charge < -0.3 is 10.1 Å². The Labute approximate surface area is 228 Å². The molecule has 2 aromatic carbocycles. The summed E-state index contributed by atoms with van der Waals surface area (Å²) in [6.07, 6.45) is 10.2. The van der Waals surface area contributed by atoms with E-state index < -0.39 is 0 Å². The van der Waals surface area contributed by atoms with Crippen LogP contribution in [0, 0.1) is 0 Å². The molecule has 3 heterocycles. The van der Waals surface area contributed by atoms with Gasteiger partial charge in [-0.3, -0.25) is 24.2 Å². The summed E-state index contributed by atoms with van der Waals surface area (Å²) in [7, 11) is 1.86. The van der Waals surface area contributed by atoms with Crippen molar-refractivity contribution in [3.63, 3.8) is 0 Å². The van der Waals surface area contributed by atoms with E-state index in [1.807, 2.05) is 72.5 Å². The van der Waals surface area contributed by atoms with Crippen LogP contribution in [0.25, 0.3) is 16.8 Å².